The quantitative estimate of drug-likeness (QED) is 0.765. The maximum absolute atomic E-state index is 12.5. The smallest absolute Gasteiger partial charge is 0.237 e. The molecule has 1 aromatic carbocycles. The number of benzene rings is 1. The number of hydrogen-bond donors (Lipinski definition) is 1. The molecule has 0 bridgehead atoms. The number of carbonyl (C=O) groups excluding carboxylic acids is 1. The highest BCUT2D eigenvalue weighted by atomic mass is 35.5. The van der Waals surface area contributed by atoms with Crippen molar-refractivity contribution in [3.8, 4) is 5.75 Å². The molecule has 1 saturated heterocycles. The second kappa shape index (κ2) is 9.55. The third-order valence-corrected chi connectivity index (χ3v) is 6.18. The normalized spacial score (nSPS) is 16.9. The zero-order valence-corrected chi connectivity index (χ0v) is 17.4. The van der Waals surface area contributed by atoms with Crippen molar-refractivity contribution in [3.63, 3.8) is 0 Å². The number of nitrogens with zero attached hydrogens (tertiary/aromatic N) is 2. The van der Waals surface area contributed by atoms with Gasteiger partial charge in [0.15, 0.2) is 0 Å². The third kappa shape index (κ3) is 5.69. The second-order valence-corrected chi connectivity index (χ2v) is 8.56. The highest BCUT2D eigenvalue weighted by Crippen LogP contribution is 2.23. The van der Waals surface area contributed by atoms with E-state index >= 15 is 0 Å². The van der Waals surface area contributed by atoms with Crippen molar-refractivity contribution in [2.75, 3.05) is 33.3 Å². The van der Waals surface area contributed by atoms with Crippen molar-refractivity contribution in [2.45, 2.75) is 26.1 Å². The molecule has 1 aliphatic rings. The standard InChI is InChI=1S/C20H26ClN3O2S/c1-15(20(25)22-13-16-3-5-17(26-2)6-4-16)24-11-9-23(10-12-24)14-18-7-8-19(21)27-18/h3-8,15H,9-14H2,1-2H3,(H,22,25)/t15-/m1/s1. The largest absolute Gasteiger partial charge is 0.497 e. The van der Waals surface area contributed by atoms with Gasteiger partial charge in [0.2, 0.25) is 5.91 Å². The average Bonchev–Trinajstić information content (AvgIpc) is 3.11. The van der Waals surface area contributed by atoms with Gasteiger partial charge in [-0.1, -0.05) is 23.7 Å². The molecule has 146 valence electrons. The summed E-state index contributed by atoms with van der Waals surface area (Å²) in [6.45, 7) is 7.18. The molecule has 1 N–H and O–H groups in total. The number of halogens is 1. The molecule has 0 radical (unpaired) electrons. The van der Waals surface area contributed by atoms with Crippen LogP contribution < -0.4 is 10.1 Å². The van der Waals surface area contributed by atoms with E-state index in [9.17, 15) is 4.79 Å². The Hall–Kier alpha value is -1.60. The Kier molecular flexibility index (Phi) is 7.13. The van der Waals surface area contributed by atoms with E-state index < -0.39 is 0 Å². The van der Waals surface area contributed by atoms with Crippen LogP contribution in [0.4, 0.5) is 0 Å². The lowest BCUT2D eigenvalue weighted by atomic mass is 10.2. The number of rotatable bonds is 7. The molecule has 3 rings (SSSR count). The molecule has 5 nitrogen and oxygen atoms in total. The van der Waals surface area contributed by atoms with Crippen LogP contribution in [0.15, 0.2) is 36.4 Å². The van der Waals surface area contributed by atoms with Gasteiger partial charge in [0.25, 0.3) is 0 Å². The van der Waals surface area contributed by atoms with E-state index in [1.54, 1.807) is 18.4 Å². The Bertz CT molecular complexity index is 742. The molecule has 0 aliphatic carbocycles. The van der Waals surface area contributed by atoms with Crippen LogP contribution in [-0.4, -0.2) is 55.0 Å². The molecule has 7 heteroatoms. The van der Waals surface area contributed by atoms with Crippen LogP contribution in [0.1, 0.15) is 17.4 Å². The Labute approximate surface area is 169 Å². The number of piperazine rings is 1. The lowest BCUT2D eigenvalue weighted by Gasteiger charge is -2.37. The monoisotopic (exact) mass is 407 g/mol. The van der Waals surface area contributed by atoms with Crippen LogP contribution in [0, 0.1) is 0 Å². The SMILES string of the molecule is COc1ccc(CNC(=O)[C@@H](C)N2CCN(Cc3ccc(Cl)s3)CC2)cc1. The molecular weight excluding hydrogens is 382 g/mol. The highest BCUT2D eigenvalue weighted by molar-refractivity contribution is 7.16. The molecule has 1 fully saturated rings. The molecule has 1 aromatic heterocycles. The number of methoxy groups -OCH3 is 1. The molecule has 27 heavy (non-hydrogen) atoms. The number of ether oxygens (including phenoxy) is 1. The lowest BCUT2D eigenvalue weighted by molar-refractivity contribution is -0.126. The van der Waals surface area contributed by atoms with Crippen LogP contribution in [0.3, 0.4) is 0 Å². The van der Waals surface area contributed by atoms with Crippen molar-refractivity contribution in [1.82, 2.24) is 15.1 Å². The Morgan fingerprint density at radius 1 is 1.19 bits per heavy atom. The first-order valence-corrected chi connectivity index (χ1v) is 10.4. The van der Waals surface area contributed by atoms with Crippen molar-refractivity contribution >= 4 is 28.8 Å². The van der Waals surface area contributed by atoms with Gasteiger partial charge in [-0.2, -0.15) is 0 Å². The van der Waals surface area contributed by atoms with E-state index in [1.807, 2.05) is 37.3 Å². The minimum Gasteiger partial charge on any atom is -0.497 e. The average molecular weight is 408 g/mol. The lowest BCUT2D eigenvalue weighted by Crippen LogP contribution is -2.53. The van der Waals surface area contributed by atoms with E-state index in [4.69, 9.17) is 16.3 Å². The summed E-state index contributed by atoms with van der Waals surface area (Å²) in [6, 6.07) is 11.7. The molecule has 2 heterocycles. The van der Waals surface area contributed by atoms with Crippen molar-refractivity contribution in [1.29, 1.82) is 0 Å². The van der Waals surface area contributed by atoms with Gasteiger partial charge in [-0.3, -0.25) is 14.6 Å². The van der Waals surface area contributed by atoms with Crippen molar-refractivity contribution in [3.05, 3.63) is 51.2 Å². The van der Waals surface area contributed by atoms with Gasteiger partial charge >= 0.3 is 0 Å². The molecule has 1 amide bonds. The Morgan fingerprint density at radius 3 is 2.48 bits per heavy atom. The summed E-state index contributed by atoms with van der Waals surface area (Å²) in [6.07, 6.45) is 0. The first kappa shape index (κ1) is 20.1. The predicted octanol–water partition coefficient (Wildman–Crippen LogP) is 3.23. The summed E-state index contributed by atoms with van der Waals surface area (Å²) in [5.74, 6) is 0.894. The van der Waals surface area contributed by atoms with E-state index in [1.165, 1.54) is 4.88 Å². The summed E-state index contributed by atoms with van der Waals surface area (Å²) in [5.41, 5.74) is 1.07. The predicted molar refractivity (Wildman–Crippen MR) is 110 cm³/mol. The van der Waals surface area contributed by atoms with Crippen LogP contribution in [0.2, 0.25) is 4.34 Å². The van der Waals surface area contributed by atoms with Gasteiger partial charge in [0.05, 0.1) is 17.5 Å². The molecule has 1 aliphatic heterocycles. The summed E-state index contributed by atoms with van der Waals surface area (Å²) in [5, 5.41) is 3.04. The minimum atomic E-state index is -0.124. The summed E-state index contributed by atoms with van der Waals surface area (Å²) in [4.78, 5) is 18.5. The van der Waals surface area contributed by atoms with Gasteiger partial charge in [-0.05, 0) is 36.8 Å². The van der Waals surface area contributed by atoms with Crippen LogP contribution in [0.25, 0.3) is 0 Å². The van der Waals surface area contributed by atoms with Crippen molar-refractivity contribution in [2.24, 2.45) is 0 Å². The maximum Gasteiger partial charge on any atom is 0.237 e. The van der Waals surface area contributed by atoms with Crippen LogP contribution >= 0.6 is 22.9 Å². The fraction of sp³-hybridized carbons (Fsp3) is 0.450. The topological polar surface area (TPSA) is 44.8 Å². The zero-order chi connectivity index (χ0) is 19.2. The molecular formula is C20H26ClN3O2S. The molecule has 2 aromatic rings. The van der Waals surface area contributed by atoms with Crippen LogP contribution in [-0.2, 0) is 17.9 Å². The van der Waals surface area contributed by atoms with Crippen molar-refractivity contribution < 1.29 is 9.53 Å². The van der Waals surface area contributed by atoms with Gasteiger partial charge in [-0.15, -0.1) is 11.3 Å². The van der Waals surface area contributed by atoms with Gasteiger partial charge in [0, 0.05) is 44.1 Å². The third-order valence-electron chi connectivity index (χ3n) is 4.97. The van der Waals surface area contributed by atoms with E-state index in [0.29, 0.717) is 6.54 Å². The number of carbonyl (C=O) groups is 1. The fourth-order valence-electron chi connectivity index (χ4n) is 3.21. The van der Waals surface area contributed by atoms with E-state index in [0.717, 1.165) is 48.4 Å². The number of hydrogen-bond acceptors (Lipinski definition) is 5. The van der Waals surface area contributed by atoms with Gasteiger partial charge in [0.1, 0.15) is 5.75 Å². The number of nitrogens with one attached hydrogen (secondary N) is 1. The number of amides is 1. The number of thiophene rings is 1. The summed E-state index contributed by atoms with van der Waals surface area (Å²) >= 11 is 7.65. The maximum atomic E-state index is 12.5. The molecule has 1 atom stereocenters. The minimum absolute atomic E-state index is 0.0734. The van der Waals surface area contributed by atoms with Gasteiger partial charge < -0.3 is 10.1 Å². The molecule has 0 unspecified atom stereocenters. The molecule has 0 spiro atoms. The van der Waals surface area contributed by atoms with Gasteiger partial charge in [-0.25, -0.2) is 0 Å². The second-order valence-electron chi connectivity index (χ2n) is 6.76. The van der Waals surface area contributed by atoms with E-state index in [2.05, 4.69) is 21.2 Å². The first-order valence-electron chi connectivity index (χ1n) is 9.16. The fourth-order valence-corrected chi connectivity index (χ4v) is 4.34. The Morgan fingerprint density at radius 2 is 1.89 bits per heavy atom. The zero-order valence-electron chi connectivity index (χ0n) is 15.8. The summed E-state index contributed by atoms with van der Waals surface area (Å²) < 4.78 is 5.99. The first-order chi connectivity index (χ1) is 13.0. The molecule has 0 saturated carbocycles. The van der Waals surface area contributed by atoms with Crippen LogP contribution in [0.5, 0.6) is 5.75 Å². The highest BCUT2D eigenvalue weighted by Gasteiger charge is 2.25. The summed E-state index contributed by atoms with van der Waals surface area (Å²) in [7, 11) is 1.65. The Balaban J connectivity index is 1.42. The van der Waals surface area contributed by atoms with E-state index in [-0.39, 0.29) is 11.9 Å².